The average Bonchev–Trinajstić information content (AvgIpc) is 3.90. The summed E-state index contributed by atoms with van der Waals surface area (Å²) in [6.07, 6.45) is 4.77. The number of thiophene rings is 1. The van der Waals surface area contributed by atoms with Gasteiger partial charge in [-0.2, -0.15) is 0 Å². The number of aliphatic hydroxyl groups is 4. The van der Waals surface area contributed by atoms with E-state index >= 15 is 0 Å². The number of piperidine rings is 2. The number of aromatic nitrogens is 2. The van der Waals surface area contributed by atoms with Gasteiger partial charge >= 0.3 is 0 Å². The van der Waals surface area contributed by atoms with Crippen LogP contribution in [0.2, 0.25) is 0 Å². The van der Waals surface area contributed by atoms with Crippen LogP contribution >= 0.6 is 11.3 Å². The molecule has 8 rings (SSSR count). The largest absolute Gasteiger partial charge is 0.497 e. The van der Waals surface area contributed by atoms with Gasteiger partial charge < -0.3 is 29.9 Å². The van der Waals surface area contributed by atoms with Crippen molar-refractivity contribution in [3.63, 3.8) is 0 Å². The Bertz CT molecular complexity index is 2850. The summed E-state index contributed by atoms with van der Waals surface area (Å²) >= 11 is 1.64. The van der Waals surface area contributed by atoms with Gasteiger partial charge in [-0.05, 0) is 142 Å². The molecular weight excluding hydrogens is 928 g/mol. The molecule has 0 amide bonds. The van der Waals surface area contributed by atoms with Gasteiger partial charge in [-0.3, -0.25) is 19.8 Å². The van der Waals surface area contributed by atoms with Gasteiger partial charge in [0.1, 0.15) is 29.0 Å². The van der Waals surface area contributed by atoms with E-state index in [2.05, 4.69) is 38.5 Å². The maximum Gasteiger partial charge on any atom is 0.174 e. The van der Waals surface area contributed by atoms with Crippen LogP contribution in [0.15, 0.2) is 78.4 Å². The van der Waals surface area contributed by atoms with E-state index < -0.39 is 46.7 Å². The van der Waals surface area contributed by atoms with Crippen LogP contribution in [0.5, 0.6) is 11.5 Å². The third kappa shape index (κ3) is 12.8. The lowest BCUT2D eigenvalue weighted by Crippen LogP contribution is -2.42. The zero-order valence-electron chi connectivity index (χ0n) is 39.2. The molecule has 370 valence electrons. The number of methoxy groups -OCH3 is 2. The Balaban J connectivity index is 0.000000208. The third-order valence-corrected chi connectivity index (χ3v) is 14.5. The number of rotatable bonds is 14. The van der Waals surface area contributed by atoms with Gasteiger partial charge in [-0.1, -0.05) is 29.7 Å². The SMILES string of the molecule is COc1ccc2ncc(F)c(C(O)CCC3(CO)CCN(CC#Cc4cc(F)cc(F)c4F)CC3)c2c1.COc1ccc2ncc(F)c(C(O)CCC3(CO)CCN(CC#Cc4cccs4)CC3)c2c1. The zero-order valence-corrected chi connectivity index (χ0v) is 40.0. The lowest BCUT2D eigenvalue weighted by Gasteiger charge is -2.40. The molecule has 0 bridgehead atoms. The second-order valence-electron chi connectivity index (χ2n) is 18.1. The molecule has 6 aromatic rings. The lowest BCUT2D eigenvalue weighted by atomic mass is 9.74. The maximum absolute atomic E-state index is 14.7. The molecule has 70 heavy (non-hydrogen) atoms. The maximum atomic E-state index is 14.7. The monoisotopic (exact) mass is 984 g/mol. The summed E-state index contributed by atoms with van der Waals surface area (Å²) in [6, 6.07) is 15.6. The highest BCUT2D eigenvalue weighted by atomic mass is 32.1. The Hall–Kier alpha value is -5.69. The van der Waals surface area contributed by atoms with Crippen LogP contribution in [0.3, 0.4) is 0 Å². The number of fused-ring (bicyclic) bond motifs is 2. The molecule has 0 saturated carbocycles. The van der Waals surface area contributed by atoms with Crippen molar-refractivity contribution < 1.29 is 51.9 Å². The number of halogens is 5. The standard InChI is InChI=1S/C28H28F4N2O3.C26H29FN2O3S/c1-37-20-4-5-24-21(15-20)26(23(31)16-33-24)25(36)6-7-28(17-35)8-11-34(12-9-28)10-2-3-18-13-19(29)14-22(30)27(18)32;1-32-19-6-7-23-21(16-19)25(22(27)17-28-23)24(31)8-9-26(18-30)10-13-29(14-11-26)12-2-4-20-5-3-15-33-20/h4-5,13-16,25,35-36H,6-12,17H2,1H3;3,5-7,15-17,24,30-31H,8-14,18H2,1H3. The van der Waals surface area contributed by atoms with E-state index in [4.69, 9.17) is 9.47 Å². The molecule has 2 aliphatic heterocycles. The second-order valence-corrected chi connectivity index (χ2v) is 19.1. The van der Waals surface area contributed by atoms with Gasteiger partial charge in [0.05, 0.1) is 73.4 Å². The summed E-state index contributed by atoms with van der Waals surface area (Å²) in [7, 11) is 3.06. The lowest BCUT2D eigenvalue weighted by molar-refractivity contribution is 0.0269. The average molecular weight is 985 g/mol. The van der Waals surface area contributed by atoms with Crippen molar-refractivity contribution in [2.45, 2.75) is 63.6 Å². The molecular formula is C54H57F5N4O6S. The van der Waals surface area contributed by atoms with Crippen molar-refractivity contribution in [2.75, 3.05) is 66.7 Å². The minimum absolute atomic E-state index is 0.0574. The fraction of sp³-hybridized carbons (Fsp3) is 0.407. The van der Waals surface area contributed by atoms with E-state index in [1.807, 2.05) is 22.4 Å². The normalized spacial score (nSPS) is 16.6. The Kier molecular flexibility index (Phi) is 17.8. The Morgan fingerprint density at radius 3 is 1.59 bits per heavy atom. The number of likely N-dealkylation sites (tertiary alicyclic amines) is 2. The third-order valence-electron chi connectivity index (χ3n) is 13.8. The molecule has 2 saturated heterocycles. The van der Waals surface area contributed by atoms with Gasteiger partial charge in [-0.25, -0.2) is 22.0 Å². The molecule has 2 fully saturated rings. The fourth-order valence-corrected chi connectivity index (χ4v) is 9.86. The van der Waals surface area contributed by atoms with E-state index in [0.29, 0.717) is 91.1 Å². The van der Waals surface area contributed by atoms with E-state index in [0.717, 1.165) is 49.3 Å². The number of aliphatic hydroxyl groups excluding tert-OH is 4. The highest BCUT2D eigenvalue weighted by Crippen LogP contribution is 2.41. The Labute approximate surface area is 408 Å². The van der Waals surface area contributed by atoms with Crippen molar-refractivity contribution >= 4 is 33.1 Å². The van der Waals surface area contributed by atoms with Crippen molar-refractivity contribution in [1.82, 2.24) is 19.8 Å². The Morgan fingerprint density at radius 1 is 0.657 bits per heavy atom. The number of hydrogen-bond acceptors (Lipinski definition) is 11. The van der Waals surface area contributed by atoms with Crippen molar-refractivity contribution in [1.29, 1.82) is 0 Å². The number of pyridine rings is 2. The van der Waals surface area contributed by atoms with E-state index in [1.165, 1.54) is 7.11 Å². The van der Waals surface area contributed by atoms with Crippen LogP contribution in [0.1, 0.15) is 85.1 Å². The molecule has 2 atom stereocenters. The molecule has 3 aromatic carbocycles. The van der Waals surface area contributed by atoms with Crippen LogP contribution in [0, 0.1) is 63.6 Å². The molecule has 5 heterocycles. The highest BCUT2D eigenvalue weighted by molar-refractivity contribution is 7.10. The zero-order chi connectivity index (χ0) is 49.8. The van der Waals surface area contributed by atoms with Crippen LogP contribution < -0.4 is 9.47 Å². The summed E-state index contributed by atoms with van der Waals surface area (Å²) in [6.45, 7) is 3.83. The predicted octanol–water partition coefficient (Wildman–Crippen LogP) is 9.12. The van der Waals surface area contributed by atoms with E-state index in [9.17, 15) is 42.4 Å². The first-order chi connectivity index (χ1) is 33.8. The first kappa shape index (κ1) is 52.1. The summed E-state index contributed by atoms with van der Waals surface area (Å²) in [5, 5.41) is 45.3. The number of benzene rings is 3. The molecule has 2 unspecified atom stereocenters. The number of ether oxygens (including phenoxy) is 2. The first-order valence-corrected chi connectivity index (χ1v) is 24.1. The van der Waals surface area contributed by atoms with Gasteiger partial charge in [0, 0.05) is 41.2 Å². The number of nitrogens with zero attached hydrogens (tertiary/aromatic N) is 4. The van der Waals surface area contributed by atoms with E-state index in [1.54, 1.807) is 54.8 Å². The minimum atomic E-state index is -1.28. The molecule has 2 aliphatic rings. The van der Waals surface area contributed by atoms with Gasteiger partial charge in [0.25, 0.3) is 0 Å². The molecule has 3 aromatic heterocycles. The predicted molar refractivity (Wildman–Crippen MR) is 260 cm³/mol. The molecule has 0 spiro atoms. The summed E-state index contributed by atoms with van der Waals surface area (Å²) in [4.78, 5) is 13.6. The van der Waals surface area contributed by atoms with Crippen molar-refractivity contribution in [3.8, 4) is 35.2 Å². The fourth-order valence-electron chi connectivity index (χ4n) is 9.27. The van der Waals surface area contributed by atoms with Crippen LogP contribution in [0.25, 0.3) is 21.8 Å². The van der Waals surface area contributed by atoms with Gasteiger partial charge in [0.2, 0.25) is 0 Å². The van der Waals surface area contributed by atoms with Gasteiger partial charge in [-0.15, -0.1) is 11.3 Å². The van der Waals surface area contributed by atoms with E-state index in [-0.39, 0.29) is 48.3 Å². The smallest absolute Gasteiger partial charge is 0.174 e. The quantitative estimate of drug-likeness (QED) is 0.0477. The summed E-state index contributed by atoms with van der Waals surface area (Å²) in [5.74, 6) is 8.30. The van der Waals surface area contributed by atoms with Crippen LogP contribution in [0.4, 0.5) is 22.0 Å². The van der Waals surface area contributed by atoms with Crippen molar-refractivity contribution in [3.05, 3.63) is 129 Å². The minimum Gasteiger partial charge on any atom is -0.497 e. The van der Waals surface area contributed by atoms with Crippen molar-refractivity contribution in [2.24, 2.45) is 10.8 Å². The molecule has 0 aliphatic carbocycles. The number of hydrogen-bond donors (Lipinski definition) is 4. The Morgan fingerprint density at radius 2 is 1.14 bits per heavy atom. The van der Waals surface area contributed by atoms with Crippen LogP contribution in [-0.2, 0) is 0 Å². The topological polar surface area (TPSA) is 132 Å². The molecule has 4 N–H and O–H groups in total. The van der Waals surface area contributed by atoms with Crippen LogP contribution in [-0.4, -0.2) is 107 Å². The summed E-state index contributed by atoms with van der Waals surface area (Å²) in [5.41, 5.74) is 0.513. The molecule has 10 nitrogen and oxygen atoms in total. The molecule has 0 radical (unpaired) electrons. The second kappa shape index (κ2) is 23.9. The first-order valence-electron chi connectivity index (χ1n) is 23.2. The summed E-state index contributed by atoms with van der Waals surface area (Å²) < 4.78 is 80.4. The highest BCUT2D eigenvalue weighted by Gasteiger charge is 2.36. The van der Waals surface area contributed by atoms with Gasteiger partial charge in [0.15, 0.2) is 11.6 Å². The molecule has 16 heteroatoms.